The number of nitrogen functional groups attached to an aromatic ring is 2. The van der Waals surface area contributed by atoms with Crippen molar-refractivity contribution in [2.45, 2.75) is 45.7 Å². The highest BCUT2D eigenvalue weighted by Gasteiger charge is 2.20. The minimum Gasteiger partial charge on any atom is -0.383 e. The summed E-state index contributed by atoms with van der Waals surface area (Å²) in [5.74, 6) is 0.399. The fraction of sp³-hybridized carbons (Fsp3) is 0.292. The minimum atomic E-state index is -0.0923. The molecule has 1 amide bonds. The zero-order valence-electron chi connectivity index (χ0n) is 17.6. The summed E-state index contributed by atoms with van der Waals surface area (Å²) in [6.45, 7) is 3.48. The number of benzene rings is 2. The summed E-state index contributed by atoms with van der Waals surface area (Å²) in [4.78, 5) is 21.1. The summed E-state index contributed by atoms with van der Waals surface area (Å²) in [5.41, 5.74) is 18.0. The van der Waals surface area contributed by atoms with Crippen LogP contribution in [0.25, 0.3) is 21.8 Å². The van der Waals surface area contributed by atoms with E-state index in [9.17, 15) is 4.79 Å². The van der Waals surface area contributed by atoms with Crippen molar-refractivity contribution in [3.05, 3.63) is 58.8 Å². The second-order valence-electron chi connectivity index (χ2n) is 8.11. The molecule has 0 bridgehead atoms. The smallest absolute Gasteiger partial charge is 0.251 e. The quantitative estimate of drug-likeness (QED) is 0.473. The van der Waals surface area contributed by atoms with E-state index in [1.54, 1.807) is 0 Å². The molecule has 4 aromatic rings. The van der Waals surface area contributed by atoms with Crippen molar-refractivity contribution in [2.75, 3.05) is 11.5 Å². The van der Waals surface area contributed by atoms with Gasteiger partial charge < -0.3 is 21.4 Å². The molecule has 0 aliphatic heterocycles. The van der Waals surface area contributed by atoms with E-state index in [0.29, 0.717) is 23.4 Å². The van der Waals surface area contributed by atoms with Crippen LogP contribution in [-0.4, -0.2) is 20.4 Å². The Morgan fingerprint density at radius 2 is 1.90 bits per heavy atom. The van der Waals surface area contributed by atoms with E-state index in [-0.39, 0.29) is 11.9 Å². The van der Waals surface area contributed by atoms with Crippen molar-refractivity contribution in [2.24, 2.45) is 0 Å². The third-order valence-corrected chi connectivity index (χ3v) is 6.22. The number of hydrogen-bond acceptors (Lipinski definition) is 5. The Hall–Kier alpha value is -3.61. The molecule has 0 saturated heterocycles. The number of hydrogen-bond donors (Lipinski definition) is 3. The van der Waals surface area contributed by atoms with Gasteiger partial charge in [0.25, 0.3) is 5.91 Å². The number of nitrogens with zero attached hydrogens (tertiary/aromatic N) is 3. The second kappa shape index (κ2) is 7.58. The van der Waals surface area contributed by atoms with Crippen molar-refractivity contribution in [1.82, 2.24) is 19.9 Å². The third-order valence-electron chi connectivity index (χ3n) is 6.22. The first-order valence-electron chi connectivity index (χ1n) is 10.8. The predicted octanol–water partition coefficient (Wildman–Crippen LogP) is 3.58. The average molecular weight is 415 g/mol. The van der Waals surface area contributed by atoms with Crippen molar-refractivity contribution in [1.29, 1.82) is 0 Å². The first kappa shape index (κ1) is 19.4. The van der Waals surface area contributed by atoms with E-state index in [1.165, 1.54) is 29.5 Å². The third kappa shape index (κ3) is 3.36. The molecule has 0 unspecified atom stereocenters. The van der Waals surface area contributed by atoms with Gasteiger partial charge in [0.15, 0.2) is 0 Å². The summed E-state index contributed by atoms with van der Waals surface area (Å²) in [6, 6.07) is 11.7. The number of fused-ring (bicyclic) bond motifs is 4. The minimum absolute atomic E-state index is 0.0923. The largest absolute Gasteiger partial charge is 0.383 e. The molecule has 0 saturated carbocycles. The molecule has 158 valence electrons. The van der Waals surface area contributed by atoms with Crippen LogP contribution in [-0.2, 0) is 25.9 Å². The number of carbonyl (C=O) groups excluding carboxylic acids is 1. The first-order chi connectivity index (χ1) is 15.0. The number of amides is 1. The fourth-order valence-corrected chi connectivity index (χ4v) is 4.75. The van der Waals surface area contributed by atoms with Gasteiger partial charge in [-0.05, 0) is 68.0 Å². The molecular formula is C24H26N6O. The van der Waals surface area contributed by atoms with E-state index in [4.69, 9.17) is 11.5 Å². The van der Waals surface area contributed by atoms with E-state index in [0.717, 1.165) is 35.9 Å². The molecule has 0 atom stereocenters. The molecule has 0 fully saturated rings. The Kier molecular flexibility index (Phi) is 4.73. The van der Waals surface area contributed by atoms with Crippen LogP contribution in [0.1, 0.15) is 46.9 Å². The highest BCUT2D eigenvalue weighted by Crippen LogP contribution is 2.32. The molecule has 0 spiro atoms. The predicted molar refractivity (Wildman–Crippen MR) is 124 cm³/mol. The number of nitrogens with two attached hydrogens (primary N) is 2. The van der Waals surface area contributed by atoms with E-state index in [1.807, 2.05) is 30.3 Å². The van der Waals surface area contributed by atoms with Crippen LogP contribution < -0.4 is 16.8 Å². The van der Waals surface area contributed by atoms with Crippen molar-refractivity contribution < 1.29 is 4.79 Å². The lowest BCUT2D eigenvalue weighted by Crippen LogP contribution is -2.22. The monoisotopic (exact) mass is 414 g/mol. The van der Waals surface area contributed by atoms with Gasteiger partial charge in [0.2, 0.25) is 5.95 Å². The Morgan fingerprint density at radius 1 is 1.06 bits per heavy atom. The maximum Gasteiger partial charge on any atom is 0.251 e. The summed E-state index contributed by atoms with van der Waals surface area (Å²) < 4.78 is 2.37. The Balaban J connectivity index is 1.40. The van der Waals surface area contributed by atoms with Gasteiger partial charge in [-0.15, -0.1) is 0 Å². The average Bonchev–Trinajstić information content (AvgIpc) is 3.10. The van der Waals surface area contributed by atoms with E-state index >= 15 is 0 Å². The Morgan fingerprint density at radius 3 is 2.74 bits per heavy atom. The van der Waals surface area contributed by atoms with E-state index in [2.05, 4.69) is 32.8 Å². The van der Waals surface area contributed by atoms with Crippen LogP contribution in [0.4, 0.5) is 11.8 Å². The normalized spacial score (nSPS) is 13.5. The standard InChI is InChI=1S/C24H26N6O/c1-2-30-20-6-4-3-5-16(20)17-9-8-15(12-21(17)30)23(31)27-13-14-7-10-19-18(11-14)22(25)29-24(26)28-19/h7-12H,2-6,13H2,1H3,(H,27,31)(H4,25,26,28,29). The molecule has 2 heterocycles. The number of aryl methyl sites for hydroxylation is 2. The molecule has 1 aliphatic rings. The maximum atomic E-state index is 12.9. The number of rotatable bonds is 4. The molecule has 2 aromatic carbocycles. The second-order valence-corrected chi connectivity index (χ2v) is 8.11. The van der Waals surface area contributed by atoms with Gasteiger partial charge in [-0.3, -0.25) is 4.79 Å². The van der Waals surface area contributed by atoms with Crippen molar-refractivity contribution in [3.63, 3.8) is 0 Å². The van der Waals surface area contributed by atoms with Gasteiger partial charge in [-0.1, -0.05) is 12.1 Å². The maximum absolute atomic E-state index is 12.9. The first-order valence-corrected chi connectivity index (χ1v) is 10.8. The van der Waals surface area contributed by atoms with Crippen LogP contribution in [0.3, 0.4) is 0 Å². The SMILES string of the molecule is CCn1c2c(c3ccc(C(=O)NCc4ccc5nc(N)nc(N)c5c4)cc31)CCCC2. The van der Waals surface area contributed by atoms with Crippen LogP contribution in [0.2, 0.25) is 0 Å². The highest BCUT2D eigenvalue weighted by atomic mass is 16.1. The lowest BCUT2D eigenvalue weighted by atomic mass is 9.95. The number of aromatic nitrogens is 3. The van der Waals surface area contributed by atoms with Crippen molar-refractivity contribution >= 4 is 39.5 Å². The van der Waals surface area contributed by atoms with Crippen LogP contribution in [0.15, 0.2) is 36.4 Å². The molecular weight excluding hydrogens is 388 g/mol. The zero-order chi connectivity index (χ0) is 21.5. The highest BCUT2D eigenvalue weighted by molar-refractivity contribution is 5.99. The summed E-state index contributed by atoms with van der Waals surface area (Å²) >= 11 is 0. The van der Waals surface area contributed by atoms with Crippen LogP contribution in [0, 0.1) is 0 Å². The number of anilines is 2. The molecule has 5 rings (SSSR count). The van der Waals surface area contributed by atoms with E-state index < -0.39 is 0 Å². The molecule has 2 aromatic heterocycles. The van der Waals surface area contributed by atoms with Gasteiger partial charge in [0.05, 0.1) is 5.52 Å². The lowest BCUT2D eigenvalue weighted by Gasteiger charge is -2.14. The topological polar surface area (TPSA) is 112 Å². The van der Waals surface area contributed by atoms with Crippen LogP contribution >= 0.6 is 0 Å². The molecule has 1 aliphatic carbocycles. The summed E-state index contributed by atoms with van der Waals surface area (Å²) in [7, 11) is 0. The van der Waals surface area contributed by atoms with Gasteiger partial charge in [0, 0.05) is 40.6 Å². The number of carbonyl (C=O) groups is 1. The fourth-order valence-electron chi connectivity index (χ4n) is 4.75. The zero-order valence-corrected chi connectivity index (χ0v) is 17.6. The van der Waals surface area contributed by atoms with Crippen LogP contribution in [0.5, 0.6) is 0 Å². The van der Waals surface area contributed by atoms with Gasteiger partial charge in [-0.25, -0.2) is 4.98 Å². The van der Waals surface area contributed by atoms with Gasteiger partial charge >= 0.3 is 0 Å². The van der Waals surface area contributed by atoms with Gasteiger partial charge in [-0.2, -0.15) is 4.98 Å². The number of nitrogens with one attached hydrogen (secondary N) is 1. The van der Waals surface area contributed by atoms with Gasteiger partial charge in [0.1, 0.15) is 5.82 Å². The summed E-state index contributed by atoms with van der Waals surface area (Å²) in [5, 5.41) is 5.04. The molecule has 7 nitrogen and oxygen atoms in total. The Labute approximate surface area is 180 Å². The molecule has 7 heteroatoms. The molecule has 0 radical (unpaired) electrons. The summed E-state index contributed by atoms with van der Waals surface area (Å²) in [6.07, 6.45) is 4.74. The Bertz CT molecular complexity index is 1320. The lowest BCUT2D eigenvalue weighted by molar-refractivity contribution is 0.0951. The molecule has 5 N–H and O–H groups in total. The van der Waals surface area contributed by atoms with Crippen molar-refractivity contribution in [3.8, 4) is 0 Å². The molecule has 31 heavy (non-hydrogen) atoms.